The van der Waals surface area contributed by atoms with Crippen molar-refractivity contribution in [2.45, 2.75) is 89.7 Å². The molecular weight excluding hydrogens is 565 g/mol. The molecule has 9 heteroatoms. The molecule has 0 saturated heterocycles. The van der Waals surface area contributed by atoms with Crippen LogP contribution in [0.15, 0.2) is 71.6 Å². The molecule has 1 aliphatic carbocycles. The summed E-state index contributed by atoms with van der Waals surface area (Å²) in [6.45, 7) is 6.90. The van der Waals surface area contributed by atoms with Crippen LogP contribution in [0.2, 0.25) is 0 Å². The van der Waals surface area contributed by atoms with Crippen LogP contribution in [0.1, 0.15) is 67.7 Å². The van der Waals surface area contributed by atoms with Crippen molar-refractivity contribution in [3.05, 3.63) is 94.8 Å². The van der Waals surface area contributed by atoms with E-state index in [-0.39, 0.29) is 23.4 Å². The molecule has 0 aliphatic heterocycles. The first-order valence-electron chi connectivity index (χ1n) is 15.0. The molecule has 0 radical (unpaired) electrons. The zero-order valence-electron chi connectivity index (χ0n) is 25.5. The molecule has 43 heavy (non-hydrogen) atoms. The Labute approximate surface area is 255 Å². The first kappa shape index (κ1) is 32.2. The average Bonchev–Trinajstić information content (AvgIpc) is 2.98. The van der Waals surface area contributed by atoms with Gasteiger partial charge in [0.05, 0.1) is 10.6 Å². The maximum Gasteiger partial charge on any atom is 0.264 e. The molecule has 0 spiro atoms. The topological polar surface area (TPSA) is 86.8 Å². The third kappa shape index (κ3) is 8.02. The molecule has 0 heterocycles. The fraction of sp³-hybridized carbons (Fsp3) is 0.412. The van der Waals surface area contributed by atoms with E-state index in [1.165, 1.54) is 29.2 Å². The van der Waals surface area contributed by atoms with Crippen LogP contribution in [0.5, 0.6) is 0 Å². The van der Waals surface area contributed by atoms with Crippen molar-refractivity contribution >= 4 is 27.5 Å². The van der Waals surface area contributed by atoms with E-state index in [9.17, 15) is 22.4 Å². The third-order valence-electron chi connectivity index (χ3n) is 8.12. The molecule has 0 aromatic heterocycles. The second kappa shape index (κ2) is 14.2. The predicted octanol–water partition coefficient (Wildman–Crippen LogP) is 6.20. The lowest BCUT2D eigenvalue weighted by Crippen LogP contribution is -2.54. The number of nitrogens with one attached hydrogen (secondary N) is 1. The normalized spacial score (nSPS) is 14.6. The lowest BCUT2D eigenvalue weighted by atomic mass is 9.95. The van der Waals surface area contributed by atoms with Crippen molar-refractivity contribution in [2.24, 2.45) is 0 Å². The van der Waals surface area contributed by atoms with Gasteiger partial charge in [-0.25, -0.2) is 12.8 Å². The van der Waals surface area contributed by atoms with Crippen molar-refractivity contribution in [2.75, 3.05) is 10.8 Å². The Morgan fingerprint density at radius 1 is 0.907 bits per heavy atom. The van der Waals surface area contributed by atoms with Crippen molar-refractivity contribution in [1.29, 1.82) is 0 Å². The molecule has 3 aromatic carbocycles. The number of anilines is 1. The number of benzene rings is 3. The van der Waals surface area contributed by atoms with Crippen molar-refractivity contribution < 1.29 is 22.4 Å². The monoisotopic (exact) mass is 607 g/mol. The van der Waals surface area contributed by atoms with E-state index < -0.39 is 34.3 Å². The van der Waals surface area contributed by atoms with E-state index in [2.05, 4.69) is 5.32 Å². The number of aryl methyl sites for hydroxylation is 3. The number of carbonyl (C=O) groups excluding carboxylic acids is 2. The number of amides is 2. The maximum atomic E-state index is 14.3. The Morgan fingerprint density at radius 2 is 1.53 bits per heavy atom. The second-order valence-corrected chi connectivity index (χ2v) is 13.4. The lowest BCUT2D eigenvalue weighted by Gasteiger charge is -2.35. The zero-order chi connectivity index (χ0) is 31.1. The van der Waals surface area contributed by atoms with Gasteiger partial charge in [0.1, 0.15) is 18.4 Å². The van der Waals surface area contributed by atoms with Crippen molar-refractivity contribution in [3.63, 3.8) is 0 Å². The predicted molar refractivity (Wildman–Crippen MR) is 168 cm³/mol. The van der Waals surface area contributed by atoms with Crippen LogP contribution in [0.3, 0.4) is 0 Å². The van der Waals surface area contributed by atoms with Gasteiger partial charge in [0.2, 0.25) is 11.8 Å². The number of rotatable bonds is 11. The largest absolute Gasteiger partial charge is 0.352 e. The molecule has 1 fully saturated rings. The summed E-state index contributed by atoms with van der Waals surface area (Å²) in [5, 5.41) is 3.14. The van der Waals surface area contributed by atoms with Crippen LogP contribution in [0.4, 0.5) is 10.1 Å². The molecule has 7 nitrogen and oxygen atoms in total. The van der Waals surface area contributed by atoms with Crippen LogP contribution in [-0.2, 0) is 26.2 Å². The van der Waals surface area contributed by atoms with Gasteiger partial charge in [-0.15, -0.1) is 0 Å². The van der Waals surface area contributed by atoms with Gasteiger partial charge in [-0.2, -0.15) is 0 Å². The smallest absolute Gasteiger partial charge is 0.264 e. The number of hydrogen-bond donors (Lipinski definition) is 1. The second-order valence-electron chi connectivity index (χ2n) is 11.5. The molecule has 4 rings (SSSR count). The summed E-state index contributed by atoms with van der Waals surface area (Å²) < 4.78 is 43.1. The van der Waals surface area contributed by atoms with E-state index in [0.717, 1.165) is 47.5 Å². The van der Waals surface area contributed by atoms with Crippen LogP contribution >= 0.6 is 0 Å². The van der Waals surface area contributed by atoms with Gasteiger partial charge in [0.25, 0.3) is 10.0 Å². The highest BCUT2D eigenvalue weighted by atomic mass is 32.2. The number of nitrogens with zero attached hydrogens (tertiary/aromatic N) is 2. The number of halogens is 1. The highest BCUT2D eigenvalue weighted by Crippen LogP contribution is 2.29. The van der Waals surface area contributed by atoms with E-state index in [1.54, 1.807) is 37.3 Å². The minimum absolute atomic E-state index is 0.0287. The molecule has 1 aliphatic rings. The summed E-state index contributed by atoms with van der Waals surface area (Å²) in [4.78, 5) is 29.4. The minimum atomic E-state index is -4.16. The lowest BCUT2D eigenvalue weighted by molar-refractivity contribution is -0.140. The highest BCUT2D eigenvalue weighted by molar-refractivity contribution is 7.92. The Morgan fingerprint density at radius 3 is 2.16 bits per heavy atom. The third-order valence-corrected chi connectivity index (χ3v) is 9.90. The van der Waals surface area contributed by atoms with Crippen LogP contribution < -0.4 is 9.62 Å². The molecule has 1 N–H and O–H groups in total. The Kier molecular flexibility index (Phi) is 10.6. The molecule has 230 valence electrons. The summed E-state index contributed by atoms with van der Waals surface area (Å²) in [5.74, 6) is -1.19. The Hall–Kier alpha value is -3.72. The summed E-state index contributed by atoms with van der Waals surface area (Å²) in [6.07, 6.45) is 5.35. The molecule has 1 atom stereocenters. The summed E-state index contributed by atoms with van der Waals surface area (Å²) in [6, 6.07) is 17.0. The van der Waals surface area contributed by atoms with Gasteiger partial charge in [-0.1, -0.05) is 68.1 Å². The average molecular weight is 608 g/mol. The fourth-order valence-electron chi connectivity index (χ4n) is 5.59. The van der Waals surface area contributed by atoms with E-state index >= 15 is 0 Å². The van der Waals surface area contributed by atoms with Gasteiger partial charge in [-0.3, -0.25) is 13.9 Å². The van der Waals surface area contributed by atoms with Gasteiger partial charge in [0, 0.05) is 12.6 Å². The SMILES string of the molecule is CC[C@H](C(=O)NC1CCCCC1)N(Cc1ccc(F)cc1)C(=O)CN(c1cc(C)ccc1C)S(=O)(=O)c1ccc(C)cc1. The summed E-state index contributed by atoms with van der Waals surface area (Å²) in [5.41, 5.74) is 3.49. The van der Waals surface area contributed by atoms with Gasteiger partial charge in [0.15, 0.2) is 0 Å². The maximum absolute atomic E-state index is 14.3. The van der Waals surface area contributed by atoms with Gasteiger partial charge >= 0.3 is 0 Å². The zero-order valence-corrected chi connectivity index (χ0v) is 26.3. The first-order valence-corrected chi connectivity index (χ1v) is 16.4. The molecule has 0 unspecified atom stereocenters. The number of sulfonamides is 1. The summed E-state index contributed by atoms with van der Waals surface area (Å²) >= 11 is 0. The number of hydrogen-bond acceptors (Lipinski definition) is 4. The molecule has 1 saturated carbocycles. The van der Waals surface area contributed by atoms with Crippen LogP contribution in [0.25, 0.3) is 0 Å². The van der Waals surface area contributed by atoms with E-state index in [4.69, 9.17) is 0 Å². The van der Waals surface area contributed by atoms with Gasteiger partial charge < -0.3 is 10.2 Å². The summed E-state index contributed by atoms with van der Waals surface area (Å²) in [7, 11) is -4.16. The highest BCUT2D eigenvalue weighted by Gasteiger charge is 2.35. The van der Waals surface area contributed by atoms with Crippen molar-refractivity contribution in [1.82, 2.24) is 10.2 Å². The van der Waals surface area contributed by atoms with E-state index in [0.29, 0.717) is 23.2 Å². The van der Waals surface area contributed by atoms with Gasteiger partial charge in [-0.05, 0) is 87.1 Å². The Balaban J connectivity index is 1.73. The standard InChI is InChI=1S/C34H42FN3O4S/c1-5-31(34(40)36-29-9-7-6-8-10-29)37(22-27-15-17-28(35)18-16-27)33(39)23-38(32-21-25(3)11-14-26(32)4)43(41,42)30-19-12-24(2)13-20-30/h11-21,29,31H,5-10,22-23H2,1-4H3,(H,36,40)/t31-/m1/s1. The molecular formula is C34H42FN3O4S. The Bertz CT molecular complexity index is 1520. The van der Waals surface area contributed by atoms with Crippen LogP contribution in [-0.4, -0.2) is 43.8 Å². The van der Waals surface area contributed by atoms with Crippen LogP contribution in [0, 0.1) is 26.6 Å². The fourth-order valence-corrected chi connectivity index (χ4v) is 7.06. The van der Waals surface area contributed by atoms with E-state index in [1.807, 2.05) is 32.9 Å². The molecule has 2 amide bonds. The number of carbonyl (C=O) groups is 2. The molecule has 0 bridgehead atoms. The van der Waals surface area contributed by atoms with Crippen molar-refractivity contribution in [3.8, 4) is 0 Å². The quantitative estimate of drug-likeness (QED) is 0.281. The molecule has 3 aromatic rings. The first-order chi connectivity index (χ1) is 20.5. The minimum Gasteiger partial charge on any atom is -0.352 e.